The van der Waals surface area contributed by atoms with E-state index >= 15 is 0 Å². The van der Waals surface area contributed by atoms with E-state index in [9.17, 15) is 14.4 Å². The molecule has 0 fully saturated rings. The van der Waals surface area contributed by atoms with Crippen LogP contribution in [0.25, 0.3) is 0 Å². The van der Waals surface area contributed by atoms with Crippen molar-refractivity contribution >= 4 is 52.6 Å². The second-order valence-corrected chi connectivity index (χ2v) is 6.94. The van der Waals surface area contributed by atoms with E-state index in [2.05, 4.69) is 10.9 Å². The van der Waals surface area contributed by atoms with Crippen molar-refractivity contribution in [2.24, 2.45) is 0 Å². The first kappa shape index (κ1) is 24.4. The van der Waals surface area contributed by atoms with E-state index in [1.807, 2.05) is 0 Å². The van der Waals surface area contributed by atoms with Gasteiger partial charge in [-0.1, -0.05) is 34.8 Å². The Morgan fingerprint density at radius 1 is 0.806 bits per heavy atom. The second-order valence-electron chi connectivity index (χ2n) is 5.72. The Hall–Kier alpha value is -2.88. The number of methoxy groups -OCH3 is 2. The van der Waals surface area contributed by atoms with Crippen LogP contribution in [0.4, 0.5) is 0 Å². The fourth-order valence-electron chi connectivity index (χ4n) is 2.15. The van der Waals surface area contributed by atoms with E-state index < -0.39 is 31.0 Å². The number of hydrogen-bond donors (Lipinski definition) is 2. The lowest BCUT2D eigenvalue weighted by Gasteiger charge is -2.11. The molecule has 31 heavy (non-hydrogen) atoms. The first-order valence-corrected chi connectivity index (χ1v) is 9.62. The number of hydrogen-bond acceptors (Lipinski definition) is 7. The molecule has 0 aliphatic carbocycles. The van der Waals surface area contributed by atoms with Crippen LogP contribution in [-0.2, 0) is 14.3 Å². The Morgan fingerprint density at radius 2 is 1.48 bits per heavy atom. The number of esters is 1. The minimum absolute atomic E-state index is 0.125. The van der Waals surface area contributed by atoms with Crippen LogP contribution in [0.5, 0.6) is 17.2 Å². The zero-order valence-corrected chi connectivity index (χ0v) is 18.6. The highest BCUT2D eigenvalue weighted by atomic mass is 35.5. The van der Waals surface area contributed by atoms with Crippen molar-refractivity contribution in [3.63, 3.8) is 0 Å². The Labute approximate surface area is 192 Å². The summed E-state index contributed by atoms with van der Waals surface area (Å²) < 4.78 is 20.1. The van der Waals surface area contributed by atoms with Crippen LogP contribution in [0.3, 0.4) is 0 Å². The summed E-state index contributed by atoms with van der Waals surface area (Å²) in [6.45, 7) is -1.17. The third-order valence-corrected chi connectivity index (χ3v) is 4.66. The molecular formula is C19H17Cl3N2O7. The van der Waals surface area contributed by atoms with Crippen LogP contribution in [0.15, 0.2) is 30.3 Å². The molecule has 2 aromatic rings. The molecule has 2 N–H and O–H groups in total. The molecule has 0 radical (unpaired) electrons. The molecule has 166 valence electrons. The average Bonchev–Trinajstić information content (AvgIpc) is 2.76. The molecule has 12 heteroatoms. The summed E-state index contributed by atoms with van der Waals surface area (Å²) in [6, 6.07) is 7.16. The molecule has 0 aliphatic heterocycles. The van der Waals surface area contributed by atoms with Crippen LogP contribution >= 0.6 is 34.8 Å². The molecule has 0 spiro atoms. The van der Waals surface area contributed by atoms with E-state index in [0.717, 1.165) is 0 Å². The largest absolute Gasteiger partial charge is 0.493 e. The van der Waals surface area contributed by atoms with Crippen molar-refractivity contribution in [3.05, 3.63) is 51.0 Å². The fourth-order valence-corrected chi connectivity index (χ4v) is 2.74. The molecule has 0 bridgehead atoms. The van der Waals surface area contributed by atoms with E-state index in [-0.39, 0.29) is 26.4 Å². The Morgan fingerprint density at radius 3 is 2.16 bits per heavy atom. The second kappa shape index (κ2) is 11.5. The molecule has 0 heterocycles. The van der Waals surface area contributed by atoms with Crippen LogP contribution < -0.4 is 25.1 Å². The fraction of sp³-hybridized carbons (Fsp3) is 0.211. The monoisotopic (exact) mass is 490 g/mol. The van der Waals surface area contributed by atoms with Gasteiger partial charge in [0.1, 0.15) is 5.75 Å². The molecular weight excluding hydrogens is 475 g/mol. The first-order chi connectivity index (χ1) is 14.7. The summed E-state index contributed by atoms with van der Waals surface area (Å²) in [5.74, 6) is -1.31. The summed E-state index contributed by atoms with van der Waals surface area (Å²) in [7, 11) is 2.89. The van der Waals surface area contributed by atoms with E-state index in [1.165, 1.54) is 44.6 Å². The normalized spacial score (nSPS) is 10.1. The number of benzene rings is 2. The lowest BCUT2D eigenvalue weighted by Crippen LogP contribution is -2.43. The number of amides is 2. The Bertz CT molecular complexity index is 985. The van der Waals surface area contributed by atoms with Crippen molar-refractivity contribution in [1.29, 1.82) is 0 Å². The van der Waals surface area contributed by atoms with Gasteiger partial charge in [0.05, 0.1) is 29.3 Å². The quantitative estimate of drug-likeness (QED) is 0.331. The highest BCUT2D eigenvalue weighted by Crippen LogP contribution is 2.33. The predicted molar refractivity (Wildman–Crippen MR) is 113 cm³/mol. The topological polar surface area (TPSA) is 112 Å². The van der Waals surface area contributed by atoms with Gasteiger partial charge in [-0.3, -0.25) is 20.4 Å². The first-order valence-electron chi connectivity index (χ1n) is 8.49. The maximum Gasteiger partial charge on any atom is 0.344 e. The number of halogens is 3. The highest BCUT2D eigenvalue weighted by Gasteiger charge is 2.14. The molecule has 2 rings (SSSR count). The summed E-state index contributed by atoms with van der Waals surface area (Å²) in [4.78, 5) is 35.6. The summed E-state index contributed by atoms with van der Waals surface area (Å²) in [6.07, 6.45) is 0. The molecule has 2 amide bonds. The molecule has 0 unspecified atom stereocenters. The van der Waals surface area contributed by atoms with Crippen LogP contribution in [0, 0.1) is 0 Å². The molecule has 0 saturated carbocycles. The zero-order chi connectivity index (χ0) is 23.0. The third-order valence-electron chi connectivity index (χ3n) is 3.65. The highest BCUT2D eigenvalue weighted by molar-refractivity contribution is 6.43. The molecule has 2 aromatic carbocycles. The molecule has 0 saturated heterocycles. The summed E-state index contributed by atoms with van der Waals surface area (Å²) in [5.41, 5.74) is 4.51. The van der Waals surface area contributed by atoms with Crippen molar-refractivity contribution in [3.8, 4) is 17.2 Å². The molecule has 0 atom stereocenters. The standard InChI is InChI=1S/C19H17Cl3N2O7/c1-28-14-4-3-10(5-16(14)29-2)19(27)24-23-17(25)8-31-18(26)9-30-15-7-12(21)11(20)6-13(15)22/h3-7H,8-9H2,1-2H3,(H,23,25)(H,24,27). The smallest absolute Gasteiger partial charge is 0.344 e. The molecule has 0 aliphatic rings. The van der Waals surface area contributed by atoms with Gasteiger partial charge in [0.2, 0.25) is 0 Å². The molecule has 9 nitrogen and oxygen atoms in total. The van der Waals surface area contributed by atoms with Crippen molar-refractivity contribution in [2.75, 3.05) is 27.4 Å². The van der Waals surface area contributed by atoms with Gasteiger partial charge in [-0.05, 0) is 24.3 Å². The van der Waals surface area contributed by atoms with Gasteiger partial charge in [-0.2, -0.15) is 0 Å². The lowest BCUT2D eigenvalue weighted by atomic mass is 10.2. The van der Waals surface area contributed by atoms with Gasteiger partial charge < -0.3 is 18.9 Å². The van der Waals surface area contributed by atoms with Crippen LogP contribution in [0.1, 0.15) is 10.4 Å². The minimum atomic E-state index is -0.844. The number of hydrazine groups is 1. The van der Waals surface area contributed by atoms with Crippen LogP contribution in [0.2, 0.25) is 15.1 Å². The number of carbonyl (C=O) groups is 3. The van der Waals surface area contributed by atoms with Gasteiger partial charge >= 0.3 is 5.97 Å². The lowest BCUT2D eigenvalue weighted by molar-refractivity contribution is -0.150. The van der Waals surface area contributed by atoms with E-state index in [4.69, 9.17) is 53.8 Å². The van der Waals surface area contributed by atoms with Gasteiger partial charge in [-0.15, -0.1) is 0 Å². The number of carbonyl (C=O) groups excluding carboxylic acids is 3. The van der Waals surface area contributed by atoms with Gasteiger partial charge in [-0.25, -0.2) is 4.79 Å². The van der Waals surface area contributed by atoms with Gasteiger partial charge in [0.15, 0.2) is 24.7 Å². The Balaban J connectivity index is 1.77. The maximum atomic E-state index is 12.1. The summed E-state index contributed by atoms with van der Waals surface area (Å²) >= 11 is 17.6. The van der Waals surface area contributed by atoms with Crippen LogP contribution in [-0.4, -0.2) is 45.2 Å². The number of rotatable bonds is 8. The zero-order valence-electron chi connectivity index (χ0n) is 16.3. The number of nitrogens with one attached hydrogen (secondary N) is 2. The molecule has 0 aromatic heterocycles. The predicted octanol–water partition coefficient (Wildman–Crippen LogP) is 3.05. The van der Waals surface area contributed by atoms with E-state index in [1.54, 1.807) is 0 Å². The van der Waals surface area contributed by atoms with Crippen molar-refractivity contribution in [1.82, 2.24) is 10.9 Å². The van der Waals surface area contributed by atoms with Gasteiger partial charge in [0, 0.05) is 11.6 Å². The third kappa shape index (κ3) is 7.09. The SMILES string of the molecule is COc1ccc(C(=O)NNC(=O)COC(=O)COc2cc(Cl)c(Cl)cc2Cl)cc1OC. The van der Waals surface area contributed by atoms with E-state index in [0.29, 0.717) is 11.5 Å². The maximum absolute atomic E-state index is 12.1. The Kier molecular flexibility index (Phi) is 9.04. The van der Waals surface area contributed by atoms with Crippen molar-refractivity contribution < 1.29 is 33.3 Å². The number of ether oxygens (including phenoxy) is 4. The van der Waals surface area contributed by atoms with Crippen molar-refractivity contribution in [2.45, 2.75) is 0 Å². The summed E-state index contributed by atoms with van der Waals surface area (Å²) in [5, 5.41) is 0.574. The average molecular weight is 492 g/mol. The minimum Gasteiger partial charge on any atom is -0.493 e. The van der Waals surface area contributed by atoms with Gasteiger partial charge in [0.25, 0.3) is 11.8 Å².